The minimum Gasteiger partial charge on any atom is -0.444 e. The van der Waals surface area contributed by atoms with E-state index in [2.05, 4.69) is 9.97 Å². The lowest BCUT2D eigenvalue weighted by Gasteiger charge is -2.27. The standard InChI is InChI=1S/C13H16FN3O2/c1-13(2,3)19-12(18)17-6-4-5-10(17)11-15-7-9(14)8-16-11/h4-5,7-8,10H,6H2,1-3H3. The zero-order valence-electron chi connectivity index (χ0n) is 11.1. The van der Waals surface area contributed by atoms with Crippen molar-refractivity contribution < 1.29 is 13.9 Å². The predicted molar refractivity (Wildman–Crippen MR) is 66.8 cm³/mol. The van der Waals surface area contributed by atoms with Crippen LogP contribution in [0, 0.1) is 5.82 Å². The first kappa shape index (κ1) is 13.5. The van der Waals surface area contributed by atoms with Crippen LogP contribution in [0.25, 0.3) is 0 Å². The van der Waals surface area contributed by atoms with Crippen molar-refractivity contribution in [3.63, 3.8) is 0 Å². The average Bonchev–Trinajstić information content (AvgIpc) is 2.76. The van der Waals surface area contributed by atoms with Gasteiger partial charge in [-0.05, 0) is 20.8 Å². The van der Waals surface area contributed by atoms with Crippen molar-refractivity contribution in [2.75, 3.05) is 6.54 Å². The van der Waals surface area contributed by atoms with E-state index in [4.69, 9.17) is 4.74 Å². The molecule has 1 aromatic rings. The largest absolute Gasteiger partial charge is 0.444 e. The lowest BCUT2D eigenvalue weighted by Crippen LogP contribution is -2.37. The molecule has 1 atom stereocenters. The van der Waals surface area contributed by atoms with E-state index in [1.54, 1.807) is 26.8 Å². The Hall–Kier alpha value is -1.98. The Morgan fingerprint density at radius 1 is 1.42 bits per heavy atom. The van der Waals surface area contributed by atoms with Crippen molar-refractivity contribution in [2.45, 2.75) is 32.4 Å². The van der Waals surface area contributed by atoms with Crippen molar-refractivity contribution in [1.82, 2.24) is 14.9 Å². The molecule has 0 bridgehead atoms. The molecule has 1 aliphatic rings. The van der Waals surface area contributed by atoms with Gasteiger partial charge in [-0.15, -0.1) is 0 Å². The summed E-state index contributed by atoms with van der Waals surface area (Å²) < 4.78 is 18.1. The maximum atomic E-state index is 12.8. The summed E-state index contributed by atoms with van der Waals surface area (Å²) in [5.41, 5.74) is -0.562. The van der Waals surface area contributed by atoms with E-state index in [-0.39, 0.29) is 0 Å². The Balaban J connectivity index is 2.14. The van der Waals surface area contributed by atoms with Gasteiger partial charge in [0.05, 0.1) is 12.4 Å². The monoisotopic (exact) mass is 265 g/mol. The molecule has 1 unspecified atom stereocenters. The van der Waals surface area contributed by atoms with Gasteiger partial charge in [-0.2, -0.15) is 0 Å². The molecular formula is C13H16FN3O2. The fourth-order valence-corrected chi connectivity index (χ4v) is 1.73. The molecule has 2 rings (SSSR count). The van der Waals surface area contributed by atoms with Gasteiger partial charge in [0.25, 0.3) is 0 Å². The fourth-order valence-electron chi connectivity index (χ4n) is 1.73. The van der Waals surface area contributed by atoms with Crippen LogP contribution in [0.4, 0.5) is 9.18 Å². The summed E-state index contributed by atoms with van der Waals surface area (Å²) in [7, 11) is 0. The second-order valence-electron chi connectivity index (χ2n) is 5.27. The van der Waals surface area contributed by atoms with Gasteiger partial charge in [-0.3, -0.25) is 4.90 Å². The summed E-state index contributed by atoms with van der Waals surface area (Å²) in [6.07, 6.45) is 5.37. The van der Waals surface area contributed by atoms with E-state index < -0.39 is 23.6 Å². The molecule has 0 saturated carbocycles. The zero-order chi connectivity index (χ0) is 14.0. The van der Waals surface area contributed by atoms with E-state index in [9.17, 15) is 9.18 Å². The number of carbonyl (C=O) groups excluding carboxylic acids is 1. The van der Waals surface area contributed by atoms with Gasteiger partial charge in [0.1, 0.15) is 11.6 Å². The third kappa shape index (κ3) is 3.27. The molecule has 19 heavy (non-hydrogen) atoms. The second-order valence-corrected chi connectivity index (χ2v) is 5.27. The number of carbonyl (C=O) groups is 1. The van der Waals surface area contributed by atoms with Crippen LogP contribution in [-0.4, -0.2) is 33.1 Å². The van der Waals surface area contributed by atoms with Crippen molar-refractivity contribution >= 4 is 6.09 Å². The van der Waals surface area contributed by atoms with Crippen LogP contribution < -0.4 is 0 Å². The molecule has 0 radical (unpaired) electrons. The Morgan fingerprint density at radius 2 is 2.05 bits per heavy atom. The third-order valence-corrected chi connectivity index (χ3v) is 2.49. The highest BCUT2D eigenvalue weighted by Gasteiger charge is 2.31. The molecule has 1 aromatic heterocycles. The number of amides is 1. The number of aromatic nitrogens is 2. The summed E-state index contributed by atoms with van der Waals surface area (Å²) in [6.45, 7) is 5.84. The van der Waals surface area contributed by atoms with Crippen LogP contribution in [0.2, 0.25) is 0 Å². The van der Waals surface area contributed by atoms with Crippen molar-refractivity contribution in [3.05, 3.63) is 36.2 Å². The number of ether oxygens (including phenoxy) is 1. The minimum absolute atomic E-state index is 0.376. The van der Waals surface area contributed by atoms with Gasteiger partial charge < -0.3 is 4.74 Å². The van der Waals surface area contributed by atoms with Crippen LogP contribution in [0.15, 0.2) is 24.5 Å². The summed E-state index contributed by atoms with van der Waals surface area (Å²) in [6, 6.07) is -0.407. The number of rotatable bonds is 1. The number of halogens is 1. The highest BCUT2D eigenvalue weighted by molar-refractivity contribution is 5.70. The SMILES string of the molecule is CC(C)(C)OC(=O)N1CC=CC1c1ncc(F)cn1. The molecule has 1 amide bonds. The van der Waals surface area contributed by atoms with Crippen LogP contribution in [0.5, 0.6) is 0 Å². The minimum atomic E-state index is -0.562. The average molecular weight is 265 g/mol. The molecule has 1 aliphatic heterocycles. The Labute approximate surface area is 111 Å². The summed E-state index contributed by atoms with van der Waals surface area (Å²) in [5.74, 6) is -0.129. The Morgan fingerprint density at radius 3 is 2.63 bits per heavy atom. The molecule has 0 fully saturated rings. The number of nitrogens with zero attached hydrogens (tertiary/aromatic N) is 3. The summed E-state index contributed by atoms with van der Waals surface area (Å²) in [4.78, 5) is 21.3. The van der Waals surface area contributed by atoms with E-state index in [1.807, 2.05) is 6.08 Å². The molecule has 102 valence electrons. The van der Waals surface area contributed by atoms with Crippen LogP contribution in [0.3, 0.4) is 0 Å². The maximum absolute atomic E-state index is 12.8. The number of hydrogen-bond donors (Lipinski definition) is 0. The summed E-state index contributed by atoms with van der Waals surface area (Å²) >= 11 is 0. The van der Waals surface area contributed by atoms with Crippen molar-refractivity contribution in [1.29, 1.82) is 0 Å². The lowest BCUT2D eigenvalue weighted by molar-refractivity contribution is 0.0235. The molecule has 0 spiro atoms. The third-order valence-electron chi connectivity index (χ3n) is 2.49. The Kier molecular flexibility index (Phi) is 3.50. The Bertz CT molecular complexity index is 494. The second kappa shape index (κ2) is 4.95. The quantitative estimate of drug-likeness (QED) is 0.732. The fraction of sp³-hybridized carbons (Fsp3) is 0.462. The van der Waals surface area contributed by atoms with Crippen LogP contribution in [-0.2, 0) is 4.74 Å². The molecular weight excluding hydrogens is 249 g/mol. The molecule has 6 heteroatoms. The van der Waals surface area contributed by atoms with Gasteiger partial charge in [-0.25, -0.2) is 19.2 Å². The molecule has 0 N–H and O–H groups in total. The van der Waals surface area contributed by atoms with Gasteiger partial charge in [0.15, 0.2) is 11.6 Å². The molecule has 0 saturated heterocycles. The first-order valence-corrected chi connectivity index (χ1v) is 6.00. The highest BCUT2D eigenvalue weighted by Crippen LogP contribution is 2.25. The van der Waals surface area contributed by atoms with E-state index >= 15 is 0 Å². The summed E-state index contributed by atoms with van der Waals surface area (Å²) in [5, 5.41) is 0. The molecule has 2 heterocycles. The highest BCUT2D eigenvalue weighted by atomic mass is 19.1. The first-order valence-electron chi connectivity index (χ1n) is 6.00. The molecule has 0 aliphatic carbocycles. The van der Waals surface area contributed by atoms with Crippen molar-refractivity contribution in [3.8, 4) is 0 Å². The zero-order valence-corrected chi connectivity index (χ0v) is 11.1. The maximum Gasteiger partial charge on any atom is 0.411 e. The smallest absolute Gasteiger partial charge is 0.411 e. The van der Waals surface area contributed by atoms with E-state index in [0.717, 1.165) is 12.4 Å². The van der Waals surface area contributed by atoms with Gasteiger partial charge in [0.2, 0.25) is 0 Å². The lowest BCUT2D eigenvalue weighted by atomic mass is 10.2. The first-order chi connectivity index (χ1) is 8.87. The van der Waals surface area contributed by atoms with E-state index in [1.165, 1.54) is 4.90 Å². The molecule has 5 nitrogen and oxygen atoms in total. The molecule has 0 aromatic carbocycles. The van der Waals surface area contributed by atoms with E-state index in [0.29, 0.717) is 12.4 Å². The van der Waals surface area contributed by atoms with Gasteiger partial charge >= 0.3 is 6.09 Å². The van der Waals surface area contributed by atoms with Crippen LogP contribution in [0.1, 0.15) is 32.6 Å². The van der Waals surface area contributed by atoms with Crippen LogP contribution >= 0.6 is 0 Å². The topological polar surface area (TPSA) is 55.3 Å². The van der Waals surface area contributed by atoms with Crippen molar-refractivity contribution in [2.24, 2.45) is 0 Å². The number of hydrogen-bond acceptors (Lipinski definition) is 4. The van der Waals surface area contributed by atoms with Gasteiger partial charge in [0, 0.05) is 6.54 Å². The predicted octanol–water partition coefficient (Wildman–Crippen LogP) is 2.46. The van der Waals surface area contributed by atoms with Gasteiger partial charge in [-0.1, -0.05) is 12.2 Å². The normalized spacial score (nSPS) is 18.7.